The van der Waals surface area contributed by atoms with Crippen molar-refractivity contribution in [3.63, 3.8) is 0 Å². The van der Waals surface area contributed by atoms with Gasteiger partial charge in [-0.1, -0.05) is 6.92 Å². The molecular formula is C10H20O3S. The Bertz CT molecular complexity index is 267. The van der Waals surface area contributed by atoms with Gasteiger partial charge < -0.3 is 5.11 Å². The fourth-order valence-corrected chi connectivity index (χ4v) is 2.44. The molecular weight excluding hydrogens is 200 g/mol. The number of hydrogen-bond donors (Lipinski definition) is 1. The first-order valence-corrected chi connectivity index (χ1v) is 7.32. The summed E-state index contributed by atoms with van der Waals surface area (Å²) in [5.74, 6) is 1.22. The fraction of sp³-hybridized carbons (Fsp3) is 1.00. The van der Waals surface area contributed by atoms with Crippen molar-refractivity contribution in [3.8, 4) is 0 Å². The van der Waals surface area contributed by atoms with Gasteiger partial charge in [0.05, 0.1) is 6.10 Å². The predicted octanol–water partition coefficient (Wildman–Crippen LogP) is 1.22. The van der Waals surface area contributed by atoms with E-state index in [1.165, 1.54) is 19.1 Å². The summed E-state index contributed by atoms with van der Waals surface area (Å²) in [6.07, 6.45) is 4.57. The lowest BCUT2D eigenvalue weighted by atomic mass is 9.96. The van der Waals surface area contributed by atoms with Gasteiger partial charge in [0.25, 0.3) is 0 Å². The fourth-order valence-electron chi connectivity index (χ4n) is 1.75. The third kappa shape index (κ3) is 4.42. The van der Waals surface area contributed by atoms with Crippen LogP contribution in [-0.2, 0) is 9.84 Å². The standard InChI is InChI=1S/C10H20O3S/c1-8(9-5-6-9)10(11)4-3-7-14(2,12)13/h8-11H,3-7H2,1-2H3. The topological polar surface area (TPSA) is 54.4 Å². The summed E-state index contributed by atoms with van der Waals surface area (Å²) in [5.41, 5.74) is 0. The van der Waals surface area contributed by atoms with Gasteiger partial charge in [0.1, 0.15) is 9.84 Å². The lowest BCUT2D eigenvalue weighted by molar-refractivity contribution is 0.0960. The van der Waals surface area contributed by atoms with Gasteiger partial charge in [0, 0.05) is 12.0 Å². The average Bonchev–Trinajstić information content (AvgIpc) is 2.82. The third-order valence-corrected chi connectivity index (χ3v) is 4.02. The highest BCUT2D eigenvalue weighted by molar-refractivity contribution is 7.90. The Kier molecular flexibility index (Phi) is 3.95. The largest absolute Gasteiger partial charge is 0.393 e. The van der Waals surface area contributed by atoms with E-state index in [9.17, 15) is 13.5 Å². The van der Waals surface area contributed by atoms with Crippen LogP contribution in [0.25, 0.3) is 0 Å². The van der Waals surface area contributed by atoms with E-state index in [0.29, 0.717) is 24.7 Å². The maximum absolute atomic E-state index is 10.8. The SMILES string of the molecule is CC(C(O)CCCS(C)(=O)=O)C1CC1. The first-order chi connectivity index (χ1) is 6.40. The lowest BCUT2D eigenvalue weighted by Gasteiger charge is -2.17. The van der Waals surface area contributed by atoms with Gasteiger partial charge in [0.2, 0.25) is 0 Å². The molecule has 0 amide bonds. The summed E-state index contributed by atoms with van der Waals surface area (Å²) in [6, 6.07) is 0. The minimum absolute atomic E-state index is 0.196. The molecule has 0 aromatic heterocycles. The lowest BCUT2D eigenvalue weighted by Crippen LogP contribution is -2.20. The highest BCUT2D eigenvalue weighted by Crippen LogP contribution is 2.38. The van der Waals surface area contributed by atoms with Crippen LogP contribution in [0, 0.1) is 11.8 Å². The van der Waals surface area contributed by atoms with Crippen LogP contribution in [0.2, 0.25) is 0 Å². The van der Waals surface area contributed by atoms with Gasteiger partial charge in [-0.3, -0.25) is 0 Å². The molecule has 4 heteroatoms. The van der Waals surface area contributed by atoms with E-state index in [0.717, 1.165) is 0 Å². The molecule has 1 aliphatic carbocycles. The zero-order valence-corrected chi connectivity index (χ0v) is 9.76. The van der Waals surface area contributed by atoms with Crippen LogP contribution in [0.4, 0.5) is 0 Å². The van der Waals surface area contributed by atoms with E-state index in [1.807, 2.05) is 0 Å². The minimum atomic E-state index is -2.86. The molecule has 0 spiro atoms. The highest BCUT2D eigenvalue weighted by Gasteiger charge is 2.32. The van der Waals surface area contributed by atoms with E-state index in [1.54, 1.807) is 0 Å². The monoisotopic (exact) mass is 220 g/mol. The Balaban J connectivity index is 2.17. The number of sulfone groups is 1. The van der Waals surface area contributed by atoms with Gasteiger partial charge in [-0.2, -0.15) is 0 Å². The average molecular weight is 220 g/mol. The number of hydrogen-bond acceptors (Lipinski definition) is 3. The first kappa shape index (κ1) is 12.0. The molecule has 0 saturated heterocycles. The van der Waals surface area contributed by atoms with Crippen LogP contribution in [0.1, 0.15) is 32.6 Å². The molecule has 1 fully saturated rings. The molecule has 2 atom stereocenters. The zero-order valence-electron chi connectivity index (χ0n) is 8.94. The molecule has 2 unspecified atom stereocenters. The molecule has 0 aromatic carbocycles. The summed E-state index contributed by atoms with van der Waals surface area (Å²) >= 11 is 0. The molecule has 0 bridgehead atoms. The van der Waals surface area contributed by atoms with Crippen LogP contribution in [0.3, 0.4) is 0 Å². The summed E-state index contributed by atoms with van der Waals surface area (Å²) < 4.78 is 21.7. The molecule has 1 saturated carbocycles. The summed E-state index contributed by atoms with van der Waals surface area (Å²) in [4.78, 5) is 0. The molecule has 0 aromatic rings. The van der Waals surface area contributed by atoms with E-state index in [4.69, 9.17) is 0 Å². The first-order valence-electron chi connectivity index (χ1n) is 5.26. The Morgan fingerprint density at radius 1 is 1.43 bits per heavy atom. The molecule has 14 heavy (non-hydrogen) atoms. The van der Waals surface area contributed by atoms with Gasteiger partial charge in [-0.05, 0) is 37.5 Å². The molecule has 1 aliphatic rings. The summed E-state index contributed by atoms with van der Waals surface area (Å²) in [6.45, 7) is 2.06. The summed E-state index contributed by atoms with van der Waals surface area (Å²) in [7, 11) is -2.86. The highest BCUT2D eigenvalue weighted by atomic mass is 32.2. The van der Waals surface area contributed by atoms with E-state index < -0.39 is 9.84 Å². The van der Waals surface area contributed by atoms with E-state index >= 15 is 0 Å². The molecule has 1 rings (SSSR count). The van der Waals surface area contributed by atoms with Crippen LogP contribution in [0.5, 0.6) is 0 Å². The number of aliphatic hydroxyl groups excluding tert-OH is 1. The number of rotatable bonds is 6. The van der Waals surface area contributed by atoms with Crippen LogP contribution >= 0.6 is 0 Å². The van der Waals surface area contributed by atoms with Gasteiger partial charge in [-0.25, -0.2) is 8.42 Å². The van der Waals surface area contributed by atoms with Crippen molar-refractivity contribution in [1.29, 1.82) is 0 Å². The second-order valence-electron chi connectivity index (χ2n) is 4.54. The quantitative estimate of drug-likeness (QED) is 0.732. The molecule has 0 aliphatic heterocycles. The molecule has 0 radical (unpaired) electrons. The Morgan fingerprint density at radius 2 is 2.00 bits per heavy atom. The smallest absolute Gasteiger partial charge is 0.147 e. The molecule has 1 N–H and O–H groups in total. The van der Waals surface area contributed by atoms with E-state index in [2.05, 4.69) is 6.92 Å². The van der Waals surface area contributed by atoms with Crippen LogP contribution in [-0.4, -0.2) is 31.6 Å². The van der Waals surface area contributed by atoms with E-state index in [-0.39, 0.29) is 11.9 Å². The maximum Gasteiger partial charge on any atom is 0.147 e. The third-order valence-electron chi connectivity index (χ3n) is 2.99. The van der Waals surface area contributed by atoms with Crippen molar-refractivity contribution in [1.82, 2.24) is 0 Å². The van der Waals surface area contributed by atoms with Gasteiger partial charge >= 0.3 is 0 Å². The zero-order chi connectivity index (χ0) is 10.8. The molecule has 3 nitrogen and oxygen atoms in total. The summed E-state index contributed by atoms with van der Waals surface area (Å²) in [5, 5.41) is 9.73. The molecule has 0 heterocycles. The normalized spacial score (nSPS) is 21.9. The maximum atomic E-state index is 10.8. The number of aliphatic hydroxyl groups is 1. The van der Waals surface area contributed by atoms with Gasteiger partial charge in [-0.15, -0.1) is 0 Å². The second-order valence-corrected chi connectivity index (χ2v) is 6.80. The van der Waals surface area contributed by atoms with Crippen molar-refractivity contribution in [2.24, 2.45) is 11.8 Å². The van der Waals surface area contributed by atoms with Crippen molar-refractivity contribution >= 4 is 9.84 Å². The minimum Gasteiger partial charge on any atom is -0.393 e. The van der Waals surface area contributed by atoms with Crippen molar-refractivity contribution in [2.75, 3.05) is 12.0 Å². The van der Waals surface area contributed by atoms with Crippen molar-refractivity contribution in [3.05, 3.63) is 0 Å². The van der Waals surface area contributed by atoms with Crippen LogP contribution in [0.15, 0.2) is 0 Å². The van der Waals surface area contributed by atoms with Crippen molar-refractivity contribution < 1.29 is 13.5 Å². The second kappa shape index (κ2) is 4.62. The Morgan fingerprint density at radius 3 is 2.43 bits per heavy atom. The Labute approximate surface area is 86.4 Å². The predicted molar refractivity (Wildman–Crippen MR) is 56.8 cm³/mol. The Hall–Kier alpha value is -0.0900. The van der Waals surface area contributed by atoms with Crippen molar-refractivity contribution in [2.45, 2.75) is 38.7 Å². The van der Waals surface area contributed by atoms with Gasteiger partial charge in [0.15, 0.2) is 0 Å². The van der Waals surface area contributed by atoms with Crippen LogP contribution < -0.4 is 0 Å². The molecule has 84 valence electrons.